The van der Waals surface area contributed by atoms with Crippen molar-refractivity contribution in [3.8, 4) is 5.69 Å². The van der Waals surface area contributed by atoms with Crippen LogP contribution in [0.15, 0.2) is 78.2 Å². The first-order valence-corrected chi connectivity index (χ1v) is 10.2. The van der Waals surface area contributed by atoms with Crippen LogP contribution in [0.2, 0.25) is 0 Å². The van der Waals surface area contributed by atoms with E-state index < -0.39 is 0 Å². The molecule has 0 radical (unpaired) electrons. The van der Waals surface area contributed by atoms with E-state index in [9.17, 15) is 9.18 Å². The molecule has 0 aliphatic rings. The molecule has 0 fully saturated rings. The largest absolute Gasteiger partial charge is 0.349 e. The summed E-state index contributed by atoms with van der Waals surface area (Å²) in [5.41, 5.74) is 1.42. The molecule has 4 rings (SSSR count). The highest BCUT2D eigenvalue weighted by Crippen LogP contribution is 2.25. The number of nitrogens with zero attached hydrogens (tertiary/aromatic N) is 3. The number of nitrogens with one attached hydrogen (secondary N) is 1. The number of hydrogen-bond donors (Lipinski definition) is 1. The van der Waals surface area contributed by atoms with Gasteiger partial charge in [0.1, 0.15) is 12.1 Å². The van der Waals surface area contributed by atoms with Gasteiger partial charge in [0, 0.05) is 0 Å². The highest BCUT2D eigenvalue weighted by atomic mass is 32.2. The fraction of sp³-hybridized carbons (Fsp3) is 0.136. The van der Waals surface area contributed by atoms with Gasteiger partial charge in [0.05, 0.1) is 17.5 Å². The van der Waals surface area contributed by atoms with Crippen molar-refractivity contribution >= 4 is 28.4 Å². The lowest BCUT2D eigenvalue weighted by Crippen LogP contribution is -2.28. The molecule has 29 heavy (non-hydrogen) atoms. The van der Waals surface area contributed by atoms with E-state index in [2.05, 4.69) is 33.7 Å². The maximum Gasteiger partial charge on any atom is 0.230 e. The molecule has 7 heteroatoms. The van der Waals surface area contributed by atoms with Gasteiger partial charge in [-0.2, -0.15) is 0 Å². The minimum Gasteiger partial charge on any atom is -0.349 e. The second kappa shape index (κ2) is 8.45. The van der Waals surface area contributed by atoms with Gasteiger partial charge in [-0.1, -0.05) is 66.4 Å². The van der Waals surface area contributed by atoms with E-state index in [0.717, 1.165) is 16.3 Å². The maximum atomic E-state index is 14.1. The van der Waals surface area contributed by atoms with Gasteiger partial charge in [-0.05, 0) is 35.4 Å². The Morgan fingerprint density at radius 2 is 1.86 bits per heavy atom. The Morgan fingerprint density at radius 3 is 2.72 bits per heavy atom. The number of thioether (sulfide) groups is 1. The lowest BCUT2D eigenvalue weighted by atomic mass is 10.00. The number of carbonyl (C=O) groups is 1. The Hall–Kier alpha value is -3.19. The van der Waals surface area contributed by atoms with E-state index in [1.807, 2.05) is 31.2 Å². The molecule has 0 aliphatic carbocycles. The van der Waals surface area contributed by atoms with E-state index in [-0.39, 0.29) is 23.5 Å². The van der Waals surface area contributed by atoms with Crippen LogP contribution in [0.4, 0.5) is 4.39 Å². The zero-order valence-corrected chi connectivity index (χ0v) is 16.6. The average molecular weight is 406 g/mol. The average Bonchev–Trinajstić information content (AvgIpc) is 3.20. The van der Waals surface area contributed by atoms with Crippen LogP contribution < -0.4 is 5.32 Å². The van der Waals surface area contributed by atoms with Gasteiger partial charge in [0.25, 0.3) is 0 Å². The Labute approximate surface area is 172 Å². The summed E-state index contributed by atoms with van der Waals surface area (Å²) in [5.74, 6) is -0.343. The zero-order chi connectivity index (χ0) is 20.2. The van der Waals surface area contributed by atoms with Gasteiger partial charge < -0.3 is 5.32 Å². The molecule has 0 aliphatic heterocycles. The van der Waals surface area contributed by atoms with Crippen LogP contribution in [-0.2, 0) is 4.79 Å². The molecule has 1 heterocycles. The summed E-state index contributed by atoms with van der Waals surface area (Å²) >= 11 is 1.22. The lowest BCUT2D eigenvalue weighted by Gasteiger charge is -2.16. The van der Waals surface area contributed by atoms with E-state index >= 15 is 0 Å². The van der Waals surface area contributed by atoms with Crippen molar-refractivity contribution < 1.29 is 9.18 Å². The number of hydrogen-bond acceptors (Lipinski definition) is 4. The minimum absolute atomic E-state index is 0.126. The van der Waals surface area contributed by atoms with Gasteiger partial charge >= 0.3 is 0 Å². The van der Waals surface area contributed by atoms with Gasteiger partial charge in [0.15, 0.2) is 5.16 Å². The van der Waals surface area contributed by atoms with Crippen LogP contribution >= 0.6 is 11.8 Å². The van der Waals surface area contributed by atoms with Crippen LogP contribution in [0.1, 0.15) is 18.5 Å². The second-order valence-corrected chi connectivity index (χ2v) is 7.52. The van der Waals surface area contributed by atoms with E-state index in [4.69, 9.17) is 0 Å². The number of rotatable bonds is 6. The molecule has 0 unspecified atom stereocenters. The van der Waals surface area contributed by atoms with E-state index in [1.165, 1.54) is 24.2 Å². The van der Waals surface area contributed by atoms with Crippen molar-refractivity contribution in [2.75, 3.05) is 5.75 Å². The Bertz CT molecular complexity index is 1150. The molecular weight excluding hydrogens is 387 g/mol. The number of para-hydroxylation sites is 1. The van der Waals surface area contributed by atoms with Crippen LogP contribution in [-0.4, -0.2) is 26.4 Å². The summed E-state index contributed by atoms with van der Waals surface area (Å²) in [4.78, 5) is 12.5. The number of carbonyl (C=O) groups excluding carboxylic acids is 1. The summed E-state index contributed by atoms with van der Waals surface area (Å²) in [6.07, 6.45) is 1.44. The molecule has 5 nitrogen and oxygen atoms in total. The number of fused-ring (bicyclic) bond motifs is 1. The van der Waals surface area contributed by atoms with Gasteiger partial charge in [-0.15, -0.1) is 10.2 Å². The third-order valence-corrected chi connectivity index (χ3v) is 5.57. The molecular formula is C22H19FN4OS. The first kappa shape index (κ1) is 19.1. The maximum absolute atomic E-state index is 14.1. The van der Waals surface area contributed by atoms with Crippen LogP contribution in [0.25, 0.3) is 16.5 Å². The molecule has 0 spiro atoms. The van der Waals surface area contributed by atoms with Crippen LogP contribution in [0.5, 0.6) is 0 Å². The fourth-order valence-corrected chi connectivity index (χ4v) is 3.99. The molecule has 1 aromatic heterocycles. The Kier molecular flexibility index (Phi) is 5.57. The smallest absolute Gasteiger partial charge is 0.230 e. The first-order chi connectivity index (χ1) is 14.1. The Balaban J connectivity index is 1.44. The fourth-order valence-electron chi connectivity index (χ4n) is 3.25. The lowest BCUT2D eigenvalue weighted by molar-refractivity contribution is -0.119. The third-order valence-electron chi connectivity index (χ3n) is 4.63. The van der Waals surface area contributed by atoms with Gasteiger partial charge in [-0.25, -0.2) is 4.39 Å². The summed E-state index contributed by atoms with van der Waals surface area (Å²) in [5, 5.41) is 13.6. The minimum atomic E-state index is -0.372. The van der Waals surface area contributed by atoms with Crippen molar-refractivity contribution in [2.45, 2.75) is 18.1 Å². The zero-order valence-electron chi connectivity index (χ0n) is 15.7. The molecule has 1 atom stereocenters. The predicted molar refractivity (Wildman–Crippen MR) is 113 cm³/mol. The van der Waals surface area contributed by atoms with E-state index in [1.54, 1.807) is 22.8 Å². The monoisotopic (exact) mass is 406 g/mol. The molecule has 0 saturated carbocycles. The molecule has 0 bridgehead atoms. The molecule has 4 aromatic rings. The number of aromatic nitrogens is 3. The topological polar surface area (TPSA) is 59.8 Å². The molecule has 146 valence electrons. The van der Waals surface area contributed by atoms with Crippen LogP contribution in [0.3, 0.4) is 0 Å². The SMILES string of the molecule is C[C@@H](NC(=O)CSc1nncn1-c1ccccc1F)c1cccc2ccccc12. The van der Waals surface area contributed by atoms with Crippen molar-refractivity contribution in [3.05, 3.63) is 84.4 Å². The number of amides is 1. The first-order valence-electron chi connectivity index (χ1n) is 9.18. The molecule has 0 saturated heterocycles. The van der Waals surface area contributed by atoms with Gasteiger partial charge in [0.2, 0.25) is 5.91 Å². The van der Waals surface area contributed by atoms with E-state index in [0.29, 0.717) is 10.8 Å². The second-order valence-electron chi connectivity index (χ2n) is 6.58. The van der Waals surface area contributed by atoms with Crippen molar-refractivity contribution in [3.63, 3.8) is 0 Å². The summed E-state index contributed by atoms with van der Waals surface area (Å²) in [7, 11) is 0. The van der Waals surface area contributed by atoms with Crippen molar-refractivity contribution in [1.29, 1.82) is 0 Å². The highest BCUT2D eigenvalue weighted by molar-refractivity contribution is 7.99. The van der Waals surface area contributed by atoms with Crippen LogP contribution in [0, 0.1) is 5.82 Å². The molecule has 1 N–H and O–H groups in total. The number of benzene rings is 3. The predicted octanol–water partition coefficient (Wildman–Crippen LogP) is 4.53. The summed E-state index contributed by atoms with van der Waals surface area (Å²) in [6, 6.07) is 20.4. The summed E-state index contributed by atoms with van der Waals surface area (Å²) in [6.45, 7) is 1.96. The number of halogens is 1. The third kappa shape index (κ3) is 4.14. The van der Waals surface area contributed by atoms with Gasteiger partial charge in [-0.3, -0.25) is 9.36 Å². The molecule has 3 aromatic carbocycles. The van der Waals surface area contributed by atoms with Crippen molar-refractivity contribution in [2.24, 2.45) is 0 Å². The normalized spacial score (nSPS) is 12.1. The standard InChI is InChI=1S/C22H19FN4OS/c1-15(17-10-6-8-16-7-2-3-9-18(16)17)25-21(28)13-29-22-26-24-14-27(22)20-12-5-4-11-19(20)23/h2-12,14-15H,13H2,1H3,(H,25,28)/t15-/m1/s1. The highest BCUT2D eigenvalue weighted by Gasteiger charge is 2.15. The quantitative estimate of drug-likeness (QED) is 0.478. The Morgan fingerprint density at radius 1 is 1.10 bits per heavy atom. The van der Waals surface area contributed by atoms with Crippen molar-refractivity contribution in [1.82, 2.24) is 20.1 Å². The molecule has 1 amide bonds. The summed E-state index contributed by atoms with van der Waals surface area (Å²) < 4.78 is 15.6.